The molecule has 0 saturated heterocycles. The van der Waals surface area contributed by atoms with Crippen LogP contribution in [0, 0.1) is 6.92 Å². The highest BCUT2D eigenvalue weighted by Crippen LogP contribution is 2.35. The standard InChI is InChI=1S/C24H22ClN3O2S/c1-16-8-4-7-11-22(16)28-23(18-12-19(29-2)14-20(13-18)30-3)26-27-24(28)31-15-17-9-5-6-10-21(17)25/h4-14H,15H2,1-3H3. The van der Waals surface area contributed by atoms with Gasteiger partial charge in [0.2, 0.25) is 0 Å². The number of para-hydroxylation sites is 1. The molecular weight excluding hydrogens is 430 g/mol. The van der Waals surface area contributed by atoms with Crippen LogP contribution in [0.5, 0.6) is 11.5 Å². The van der Waals surface area contributed by atoms with Gasteiger partial charge in [0.05, 0.1) is 19.9 Å². The molecule has 0 aliphatic heterocycles. The molecule has 0 saturated carbocycles. The Balaban J connectivity index is 1.82. The lowest BCUT2D eigenvalue weighted by molar-refractivity contribution is 0.394. The number of thioether (sulfide) groups is 1. The molecule has 3 aromatic carbocycles. The lowest BCUT2D eigenvalue weighted by Crippen LogP contribution is -2.02. The lowest BCUT2D eigenvalue weighted by Gasteiger charge is -2.14. The summed E-state index contributed by atoms with van der Waals surface area (Å²) in [5.41, 5.74) is 4.05. The van der Waals surface area contributed by atoms with Gasteiger partial charge in [-0.2, -0.15) is 0 Å². The molecule has 0 spiro atoms. The summed E-state index contributed by atoms with van der Waals surface area (Å²) < 4.78 is 13.0. The summed E-state index contributed by atoms with van der Waals surface area (Å²) in [6, 6.07) is 21.7. The van der Waals surface area contributed by atoms with Gasteiger partial charge in [0, 0.05) is 22.4 Å². The topological polar surface area (TPSA) is 49.2 Å². The van der Waals surface area contributed by atoms with Crippen molar-refractivity contribution < 1.29 is 9.47 Å². The first-order valence-electron chi connectivity index (χ1n) is 9.71. The van der Waals surface area contributed by atoms with E-state index in [-0.39, 0.29) is 0 Å². The van der Waals surface area contributed by atoms with Gasteiger partial charge in [-0.05, 0) is 42.3 Å². The zero-order chi connectivity index (χ0) is 21.8. The number of ether oxygens (including phenoxy) is 2. The summed E-state index contributed by atoms with van der Waals surface area (Å²) in [4.78, 5) is 0. The van der Waals surface area contributed by atoms with E-state index < -0.39 is 0 Å². The van der Waals surface area contributed by atoms with Gasteiger partial charge in [-0.15, -0.1) is 10.2 Å². The Morgan fingerprint density at radius 1 is 0.903 bits per heavy atom. The van der Waals surface area contributed by atoms with Gasteiger partial charge in [-0.25, -0.2) is 0 Å². The fourth-order valence-corrected chi connectivity index (χ4v) is 4.51. The Bertz CT molecular complexity index is 1190. The third-order valence-corrected chi connectivity index (χ3v) is 6.26. The second kappa shape index (κ2) is 9.45. The average molecular weight is 452 g/mol. The van der Waals surface area contributed by atoms with Crippen LogP contribution in [0.25, 0.3) is 17.1 Å². The van der Waals surface area contributed by atoms with Crippen molar-refractivity contribution in [3.05, 3.63) is 82.9 Å². The third-order valence-electron chi connectivity index (χ3n) is 4.91. The van der Waals surface area contributed by atoms with E-state index in [4.69, 9.17) is 21.1 Å². The first-order chi connectivity index (χ1) is 15.1. The minimum atomic E-state index is 0.686. The van der Waals surface area contributed by atoms with E-state index in [1.54, 1.807) is 26.0 Å². The Morgan fingerprint density at radius 2 is 1.58 bits per heavy atom. The third kappa shape index (κ3) is 4.55. The van der Waals surface area contributed by atoms with Gasteiger partial charge in [-0.3, -0.25) is 4.57 Å². The number of benzene rings is 3. The monoisotopic (exact) mass is 451 g/mol. The Labute approximate surface area is 191 Å². The van der Waals surface area contributed by atoms with E-state index in [9.17, 15) is 0 Å². The van der Waals surface area contributed by atoms with Gasteiger partial charge >= 0.3 is 0 Å². The van der Waals surface area contributed by atoms with Crippen LogP contribution in [0.2, 0.25) is 5.02 Å². The maximum Gasteiger partial charge on any atom is 0.196 e. The fourth-order valence-electron chi connectivity index (χ4n) is 3.28. The van der Waals surface area contributed by atoms with Crippen LogP contribution in [0.1, 0.15) is 11.1 Å². The molecule has 0 bridgehead atoms. The van der Waals surface area contributed by atoms with Crippen LogP contribution in [-0.2, 0) is 5.75 Å². The van der Waals surface area contributed by atoms with Crippen molar-refractivity contribution in [3.63, 3.8) is 0 Å². The molecule has 0 aliphatic rings. The smallest absolute Gasteiger partial charge is 0.196 e. The van der Waals surface area contributed by atoms with E-state index in [2.05, 4.69) is 33.8 Å². The second-order valence-corrected chi connectivity index (χ2v) is 8.26. The SMILES string of the molecule is COc1cc(OC)cc(-c2nnc(SCc3ccccc3Cl)n2-c2ccccc2C)c1. The highest BCUT2D eigenvalue weighted by atomic mass is 35.5. The zero-order valence-corrected chi connectivity index (χ0v) is 19.1. The number of methoxy groups -OCH3 is 2. The zero-order valence-electron chi connectivity index (χ0n) is 17.5. The van der Waals surface area contributed by atoms with Crippen molar-refractivity contribution in [3.8, 4) is 28.6 Å². The van der Waals surface area contributed by atoms with Crippen molar-refractivity contribution in [2.24, 2.45) is 0 Å². The first kappa shape index (κ1) is 21.3. The molecule has 7 heteroatoms. The minimum Gasteiger partial charge on any atom is -0.497 e. The van der Waals surface area contributed by atoms with Crippen molar-refractivity contribution in [2.75, 3.05) is 14.2 Å². The van der Waals surface area contributed by atoms with Crippen LogP contribution in [0.15, 0.2) is 71.9 Å². The van der Waals surface area contributed by atoms with E-state index in [0.29, 0.717) is 23.1 Å². The van der Waals surface area contributed by atoms with Crippen LogP contribution in [-0.4, -0.2) is 29.0 Å². The van der Waals surface area contributed by atoms with Gasteiger partial charge in [0.25, 0.3) is 0 Å². The van der Waals surface area contributed by atoms with Gasteiger partial charge < -0.3 is 9.47 Å². The molecule has 4 aromatic rings. The summed E-state index contributed by atoms with van der Waals surface area (Å²) in [6.07, 6.45) is 0. The number of hydrogen-bond acceptors (Lipinski definition) is 5. The molecule has 1 aromatic heterocycles. The fraction of sp³-hybridized carbons (Fsp3) is 0.167. The molecule has 0 amide bonds. The molecule has 0 fully saturated rings. The lowest BCUT2D eigenvalue weighted by atomic mass is 10.1. The van der Waals surface area contributed by atoms with Crippen molar-refractivity contribution in [1.82, 2.24) is 14.8 Å². The van der Waals surface area contributed by atoms with E-state index in [1.165, 1.54) is 0 Å². The number of aromatic nitrogens is 3. The van der Waals surface area contributed by atoms with Crippen molar-refractivity contribution >= 4 is 23.4 Å². The average Bonchev–Trinajstić information content (AvgIpc) is 3.22. The van der Waals surface area contributed by atoms with Gasteiger partial charge in [-0.1, -0.05) is 59.8 Å². The largest absolute Gasteiger partial charge is 0.497 e. The number of nitrogens with zero attached hydrogens (tertiary/aromatic N) is 3. The molecule has 1 heterocycles. The normalized spacial score (nSPS) is 10.8. The Morgan fingerprint density at radius 3 is 2.26 bits per heavy atom. The molecule has 0 radical (unpaired) electrons. The van der Waals surface area contributed by atoms with Crippen LogP contribution >= 0.6 is 23.4 Å². The molecule has 31 heavy (non-hydrogen) atoms. The summed E-state index contributed by atoms with van der Waals surface area (Å²) in [5, 5.41) is 10.6. The predicted molar refractivity (Wildman–Crippen MR) is 126 cm³/mol. The number of hydrogen-bond donors (Lipinski definition) is 0. The molecule has 0 N–H and O–H groups in total. The number of halogens is 1. The quantitative estimate of drug-likeness (QED) is 0.313. The summed E-state index contributed by atoms with van der Waals surface area (Å²) in [6.45, 7) is 2.08. The minimum absolute atomic E-state index is 0.686. The predicted octanol–water partition coefficient (Wildman–Crippen LogP) is 6.21. The van der Waals surface area contributed by atoms with Crippen LogP contribution in [0.3, 0.4) is 0 Å². The number of aryl methyl sites for hydroxylation is 1. The van der Waals surface area contributed by atoms with Crippen molar-refractivity contribution in [2.45, 2.75) is 17.8 Å². The second-order valence-electron chi connectivity index (χ2n) is 6.91. The molecule has 0 unspecified atom stereocenters. The summed E-state index contributed by atoms with van der Waals surface area (Å²) in [5.74, 6) is 2.79. The maximum atomic E-state index is 6.36. The molecule has 4 rings (SSSR count). The van der Waals surface area contributed by atoms with E-state index in [1.807, 2.05) is 54.6 Å². The van der Waals surface area contributed by atoms with Gasteiger partial charge in [0.15, 0.2) is 11.0 Å². The van der Waals surface area contributed by atoms with Gasteiger partial charge in [0.1, 0.15) is 11.5 Å². The maximum absolute atomic E-state index is 6.36. The first-order valence-corrected chi connectivity index (χ1v) is 11.1. The number of rotatable bonds is 7. The Kier molecular flexibility index (Phi) is 6.49. The summed E-state index contributed by atoms with van der Waals surface area (Å²) >= 11 is 7.95. The molecular formula is C24H22ClN3O2S. The molecule has 158 valence electrons. The molecule has 5 nitrogen and oxygen atoms in total. The van der Waals surface area contributed by atoms with E-state index >= 15 is 0 Å². The highest BCUT2D eigenvalue weighted by molar-refractivity contribution is 7.98. The highest BCUT2D eigenvalue weighted by Gasteiger charge is 2.19. The molecule has 0 atom stereocenters. The Hall–Kier alpha value is -2.96. The molecule has 0 aliphatic carbocycles. The van der Waals surface area contributed by atoms with Crippen molar-refractivity contribution in [1.29, 1.82) is 0 Å². The van der Waals surface area contributed by atoms with Crippen LogP contribution < -0.4 is 9.47 Å². The summed E-state index contributed by atoms with van der Waals surface area (Å²) in [7, 11) is 3.27. The van der Waals surface area contributed by atoms with E-state index in [0.717, 1.165) is 32.6 Å². The van der Waals surface area contributed by atoms with Crippen LogP contribution in [0.4, 0.5) is 0 Å².